The molecular weight excluding hydrogens is 244 g/mol. The summed E-state index contributed by atoms with van der Waals surface area (Å²) in [7, 11) is 0. The lowest BCUT2D eigenvalue weighted by Crippen LogP contribution is -2.42. The van der Waals surface area contributed by atoms with E-state index in [4.69, 9.17) is 16.3 Å². The molecular formula is C11H11ClN2O3. The number of carbonyl (C=O) groups excluding carboxylic acids is 1. The minimum absolute atomic E-state index is 0.103. The van der Waals surface area contributed by atoms with Crippen LogP contribution in [0, 0.1) is 0 Å². The normalized spacial score (nSPS) is 22.4. The van der Waals surface area contributed by atoms with E-state index >= 15 is 0 Å². The van der Waals surface area contributed by atoms with Gasteiger partial charge in [0, 0.05) is 17.4 Å². The molecule has 0 aromatic rings. The Morgan fingerprint density at radius 3 is 3.18 bits per heavy atom. The maximum atomic E-state index is 11.5. The Morgan fingerprint density at radius 1 is 1.71 bits per heavy atom. The van der Waals surface area contributed by atoms with E-state index in [9.17, 15) is 9.90 Å². The van der Waals surface area contributed by atoms with Crippen molar-refractivity contribution in [1.29, 1.82) is 0 Å². The van der Waals surface area contributed by atoms with Crippen molar-refractivity contribution in [2.45, 2.75) is 13.2 Å². The summed E-state index contributed by atoms with van der Waals surface area (Å²) in [6.07, 6.45) is 4.98. The molecule has 2 aliphatic heterocycles. The largest absolute Gasteiger partial charge is 0.462 e. The molecule has 5 nitrogen and oxygen atoms in total. The molecule has 0 bridgehead atoms. The van der Waals surface area contributed by atoms with Gasteiger partial charge in [-0.3, -0.25) is 0 Å². The number of ether oxygens (including phenoxy) is 1. The van der Waals surface area contributed by atoms with Crippen LogP contribution in [0.25, 0.3) is 0 Å². The van der Waals surface area contributed by atoms with Crippen molar-refractivity contribution < 1.29 is 14.6 Å². The number of hydrogen-bond donors (Lipinski definition) is 1. The van der Waals surface area contributed by atoms with Crippen LogP contribution < -0.4 is 0 Å². The van der Waals surface area contributed by atoms with Gasteiger partial charge in [-0.05, 0) is 19.1 Å². The van der Waals surface area contributed by atoms with Crippen molar-refractivity contribution in [1.82, 2.24) is 4.90 Å². The monoisotopic (exact) mass is 254 g/mol. The van der Waals surface area contributed by atoms with Crippen molar-refractivity contribution in [3.63, 3.8) is 0 Å². The third kappa shape index (κ3) is 2.25. The Hall–Kier alpha value is -1.59. The van der Waals surface area contributed by atoms with Crippen molar-refractivity contribution in [3.8, 4) is 0 Å². The van der Waals surface area contributed by atoms with E-state index in [2.05, 4.69) is 4.99 Å². The van der Waals surface area contributed by atoms with Gasteiger partial charge >= 0.3 is 5.97 Å². The fourth-order valence-corrected chi connectivity index (χ4v) is 1.66. The van der Waals surface area contributed by atoms with Gasteiger partial charge in [0.05, 0.1) is 6.61 Å². The molecule has 1 atom stereocenters. The molecule has 90 valence electrons. The minimum Gasteiger partial charge on any atom is -0.462 e. The van der Waals surface area contributed by atoms with Gasteiger partial charge in [-0.15, -0.1) is 0 Å². The van der Waals surface area contributed by atoms with E-state index in [1.807, 2.05) is 0 Å². The van der Waals surface area contributed by atoms with E-state index in [0.717, 1.165) is 0 Å². The highest BCUT2D eigenvalue weighted by Crippen LogP contribution is 2.22. The molecule has 0 radical (unpaired) electrons. The first-order valence-electron chi connectivity index (χ1n) is 5.10. The maximum absolute atomic E-state index is 11.5. The van der Waals surface area contributed by atoms with Gasteiger partial charge in [-0.25, -0.2) is 9.79 Å². The van der Waals surface area contributed by atoms with Crippen LogP contribution in [-0.2, 0) is 9.53 Å². The minimum atomic E-state index is -1.10. The molecule has 2 heterocycles. The molecule has 2 rings (SSSR count). The summed E-state index contributed by atoms with van der Waals surface area (Å²) in [5, 5.41) is 10.5. The summed E-state index contributed by atoms with van der Waals surface area (Å²) < 4.78 is 4.82. The number of aliphatic hydroxyl groups is 1. The molecule has 17 heavy (non-hydrogen) atoms. The predicted molar refractivity (Wildman–Crippen MR) is 63.1 cm³/mol. The standard InChI is InChI=1S/C11H11ClN2O3/c1-2-17-11(16)8-6-13-9-5-7(12)3-4-14(9)10(8)15/h3-6,10,15H,2H2,1H3/t10-/m1/s1. The second-order valence-electron chi connectivity index (χ2n) is 3.42. The molecule has 0 fully saturated rings. The first kappa shape index (κ1) is 11.9. The third-order valence-corrected chi connectivity index (χ3v) is 2.55. The molecule has 0 aliphatic carbocycles. The maximum Gasteiger partial charge on any atom is 0.340 e. The van der Waals surface area contributed by atoms with Crippen LogP contribution in [0.3, 0.4) is 0 Å². The zero-order chi connectivity index (χ0) is 12.4. The van der Waals surface area contributed by atoms with Crippen molar-refractivity contribution in [3.05, 3.63) is 35.2 Å². The second kappa shape index (κ2) is 4.73. The summed E-state index contributed by atoms with van der Waals surface area (Å²) in [6.45, 7) is 1.95. The molecule has 0 aromatic carbocycles. The highest BCUT2D eigenvalue weighted by atomic mass is 35.5. The zero-order valence-corrected chi connectivity index (χ0v) is 9.89. The number of hydrogen-bond acceptors (Lipinski definition) is 5. The fourth-order valence-electron chi connectivity index (χ4n) is 1.51. The van der Waals surface area contributed by atoms with Gasteiger partial charge < -0.3 is 14.7 Å². The lowest BCUT2D eigenvalue weighted by molar-refractivity contribution is -0.140. The predicted octanol–water partition coefficient (Wildman–Crippen LogP) is 1.12. The van der Waals surface area contributed by atoms with Crippen LogP contribution in [0.15, 0.2) is 40.1 Å². The number of amidine groups is 1. The van der Waals surface area contributed by atoms with Crippen LogP contribution in [0.1, 0.15) is 6.92 Å². The number of fused-ring (bicyclic) bond motifs is 1. The molecule has 6 heteroatoms. The van der Waals surface area contributed by atoms with Gasteiger partial charge in [-0.2, -0.15) is 0 Å². The quantitative estimate of drug-likeness (QED) is 0.750. The zero-order valence-electron chi connectivity index (χ0n) is 9.13. The SMILES string of the molecule is CCOC(=O)C1=CN=C2C=C(Cl)C=CN2[C@@H]1O. The number of aliphatic imine (C=N–C) groups is 1. The van der Waals surface area contributed by atoms with Crippen LogP contribution in [0.2, 0.25) is 0 Å². The van der Waals surface area contributed by atoms with Gasteiger partial charge in [0.2, 0.25) is 0 Å². The van der Waals surface area contributed by atoms with E-state index in [1.165, 1.54) is 11.1 Å². The van der Waals surface area contributed by atoms with E-state index in [-0.39, 0.29) is 12.2 Å². The number of nitrogens with zero attached hydrogens (tertiary/aromatic N) is 2. The summed E-state index contributed by atoms with van der Waals surface area (Å²) >= 11 is 5.81. The van der Waals surface area contributed by atoms with Crippen LogP contribution >= 0.6 is 11.6 Å². The Balaban J connectivity index is 2.28. The molecule has 0 saturated heterocycles. The first-order valence-corrected chi connectivity index (χ1v) is 5.48. The number of allylic oxidation sites excluding steroid dienone is 2. The lowest BCUT2D eigenvalue weighted by Gasteiger charge is -2.31. The molecule has 0 aromatic heterocycles. The number of carbonyl (C=O) groups is 1. The molecule has 0 saturated carbocycles. The van der Waals surface area contributed by atoms with Crippen molar-refractivity contribution in [2.24, 2.45) is 4.99 Å². The van der Waals surface area contributed by atoms with Crippen LogP contribution in [0.4, 0.5) is 0 Å². The average Bonchev–Trinajstić information content (AvgIpc) is 2.29. The first-order chi connectivity index (χ1) is 8.13. The highest BCUT2D eigenvalue weighted by Gasteiger charge is 2.30. The van der Waals surface area contributed by atoms with Crippen LogP contribution in [0.5, 0.6) is 0 Å². The summed E-state index contributed by atoms with van der Waals surface area (Å²) in [6, 6.07) is 0. The fraction of sp³-hybridized carbons (Fsp3) is 0.273. The van der Waals surface area contributed by atoms with Crippen molar-refractivity contribution >= 4 is 23.4 Å². The van der Waals surface area contributed by atoms with Gasteiger partial charge in [-0.1, -0.05) is 11.6 Å². The number of halogens is 1. The molecule has 2 aliphatic rings. The third-order valence-electron chi connectivity index (χ3n) is 2.31. The van der Waals surface area contributed by atoms with Gasteiger partial charge in [0.1, 0.15) is 11.4 Å². The second-order valence-corrected chi connectivity index (χ2v) is 3.85. The topological polar surface area (TPSA) is 62.1 Å². The number of aliphatic hydroxyl groups excluding tert-OH is 1. The lowest BCUT2D eigenvalue weighted by atomic mass is 10.1. The molecule has 0 spiro atoms. The Kier molecular flexibility index (Phi) is 3.31. The van der Waals surface area contributed by atoms with E-state index in [0.29, 0.717) is 10.9 Å². The Morgan fingerprint density at radius 2 is 2.47 bits per heavy atom. The van der Waals surface area contributed by atoms with Gasteiger partial charge in [0.25, 0.3) is 0 Å². The Labute approximate surface area is 103 Å². The number of esters is 1. The smallest absolute Gasteiger partial charge is 0.340 e. The van der Waals surface area contributed by atoms with E-state index < -0.39 is 12.2 Å². The molecule has 0 amide bonds. The van der Waals surface area contributed by atoms with Crippen LogP contribution in [-0.4, -0.2) is 34.6 Å². The summed E-state index contributed by atoms with van der Waals surface area (Å²) in [4.78, 5) is 17.0. The molecule has 0 unspecified atom stereocenters. The number of rotatable bonds is 2. The Bertz CT molecular complexity index is 465. The average molecular weight is 255 g/mol. The van der Waals surface area contributed by atoms with E-state index in [1.54, 1.807) is 25.3 Å². The highest BCUT2D eigenvalue weighted by molar-refractivity contribution is 6.33. The van der Waals surface area contributed by atoms with Crippen molar-refractivity contribution in [2.75, 3.05) is 6.61 Å². The van der Waals surface area contributed by atoms with Gasteiger partial charge in [0.15, 0.2) is 6.23 Å². The molecule has 1 N–H and O–H groups in total. The summed E-state index contributed by atoms with van der Waals surface area (Å²) in [5.41, 5.74) is 0.103. The summed E-state index contributed by atoms with van der Waals surface area (Å²) in [5.74, 6) is -0.0881.